The Morgan fingerprint density at radius 2 is 2.04 bits per heavy atom. The van der Waals surface area contributed by atoms with Crippen LogP contribution in [0.25, 0.3) is 0 Å². The largest absolute Gasteiger partial charge is 0.457 e. The van der Waals surface area contributed by atoms with E-state index in [2.05, 4.69) is 4.98 Å². The highest BCUT2D eigenvalue weighted by Crippen LogP contribution is 2.44. The fourth-order valence-electron chi connectivity index (χ4n) is 3.61. The number of carbonyl (C=O) groups excluding carboxylic acids is 1. The van der Waals surface area contributed by atoms with Crippen LogP contribution in [-0.4, -0.2) is 47.2 Å². The number of nitrogens with zero attached hydrogens (tertiary/aromatic N) is 1. The summed E-state index contributed by atoms with van der Waals surface area (Å²) in [6, 6.07) is 0. The third kappa shape index (κ3) is 4.54. The molecule has 0 unspecified atom stereocenters. The molecule has 1 aliphatic heterocycles. The molecule has 0 spiro atoms. The minimum atomic E-state index is -2.27. The molecule has 0 aliphatic carbocycles. The lowest BCUT2D eigenvalue weighted by Gasteiger charge is -2.24. The molecule has 5 atom stereocenters. The summed E-state index contributed by atoms with van der Waals surface area (Å²) in [5.74, 6) is -0.729. The molecule has 0 saturated carbocycles. The van der Waals surface area contributed by atoms with Crippen molar-refractivity contribution in [2.24, 2.45) is 11.8 Å². The fourth-order valence-corrected chi connectivity index (χ4v) is 5.21. The standard InChI is InChI=1S/C17H27N2O6P/c1-9-7-19(17(22)18-15(9)21)16-14(24-12(4)20)11(3)13(25-16)10(2)8-26(5,6)23/h7,10-11,13-14,16H,8H2,1-6H3,(H,18,21,22)/t10-,11+,13+,14+,16+/m0/s1. The number of aromatic amines is 1. The Hall–Kier alpha value is -1.66. The van der Waals surface area contributed by atoms with E-state index < -0.39 is 36.7 Å². The normalized spacial score (nSPS) is 27.3. The molecule has 1 aromatic heterocycles. The molecule has 1 aromatic rings. The average Bonchev–Trinajstić information content (AvgIpc) is 2.78. The van der Waals surface area contributed by atoms with Gasteiger partial charge in [-0.3, -0.25) is 19.1 Å². The SMILES string of the molecule is CC(=O)O[C@@H]1[C@H](C)[C@@H]([C@@H](C)CP(C)(C)=O)O[C@H]1n1cc(C)c(=O)[nH]c1=O. The first-order valence-electron chi connectivity index (χ1n) is 8.59. The number of H-pyrrole nitrogens is 1. The summed E-state index contributed by atoms with van der Waals surface area (Å²) >= 11 is 0. The predicted molar refractivity (Wildman–Crippen MR) is 98.2 cm³/mol. The van der Waals surface area contributed by atoms with Crippen LogP contribution in [0.5, 0.6) is 0 Å². The molecule has 146 valence electrons. The van der Waals surface area contributed by atoms with Crippen LogP contribution in [0, 0.1) is 18.8 Å². The minimum absolute atomic E-state index is 0.0477. The number of ether oxygens (including phenoxy) is 2. The second-order valence-corrected chi connectivity index (χ2v) is 11.1. The Morgan fingerprint density at radius 3 is 2.58 bits per heavy atom. The number of esters is 1. The van der Waals surface area contributed by atoms with Crippen LogP contribution < -0.4 is 11.2 Å². The molecular formula is C17H27N2O6P. The molecule has 1 fully saturated rings. The van der Waals surface area contributed by atoms with Crippen LogP contribution in [0.4, 0.5) is 0 Å². The van der Waals surface area contributed by atoms with Crippen LogP contribution in [-0.2, 0) is 18.8 Å². The van der Waals surface area contributed by atoms with Gasteiger partial charge in [-0.15, -0.1) is 0 Å². The monoisotopic (exact) mass is 386 g/mol. The van der Waals surface area contributed by atoms with E-state index in [0.717, 1.165) is 0 Å². The number of nitrogens with one attached hydrogen (secondary N) is 1. The number of rotatable bonds is 5. The molecule has 1 saturated heterocycles. The van der Waals surface area contributed by atoms with Crippen LogP contribution in [0.15, 0.2) is 15.8 Å². The molecule has 0 bridgehead atoms. The van der Waals surface area contributed by atoms with Crippen molar-refractivity contribution in [1.29, 1.82) is 0 Å². The van der Waals surface area contributed by atoms with E-state index in [4.69, 9.17) is 9.47 Å². The average molecular weight is 386 g/mol. The predicted octanol–water partition coefficient (Wildman–Crippen LogP) is 1.57. The highest BCUT2D eigenvalue weighted by Gasteiger charge is 2.47. The molecule has 1 N–H and O–H groups in total. The van der Waals surface area contributed by atoms with Crippen molar-refractivity contribution in [3.8, 4) is 0 Å². The lowest BCUT2D eigenvalue weighted by atomic mass is 9.92. The first-order chi connectivity index (χ1) is 11.9. The summed E-state index contributed by atoms with van der Waals surface area (Å²) in [5.41, 5.74) is -0.741. The van der Waals surface area contributed by atoms with Crippen molar-refractivity contribution in [3.05, 3.63) is 32.6 Å². The Morgan fingerprint density at radius 1 is 1.42 bits per heavy atom. The zero-order chi connectivity index (χ0) is 19.8. The lowest BCUT2D eigenvalue weighted by molar-refractivity contribution is -0.153. The zero-order valence-electron chi connectivity index (χ0n) is 16.0. The van der Waals surface area contributed by atoms with E-state index in [1.54, 1.807) is 20.3 Å². The molecule has 1 aliphatic rings. The lowest BCUT2D eigenvalue weighted by Crippen LogP contribution is -2.38. The van der Waals surface area contributed by atoms with E-state index in [9.17, 15) is 18.9 Å². The molecule has 9 heteroatoms. The number of hydrogen-bond acceptors (Lipinski definition) is 6. The summed E-state index contributed by atoms with van der Waals surface area (Å²) in [6.07, 6.45) is 0.0264. The number of aromatic nitrogens is 2. The zero-order valence-corrected chi connectivity index (χ0v) is 16.9. The topological polar surface area (TPSA) is 107 Å². The first-order valence-corrected chi connectivity index (χ1v) is 11.4. The minimum Gasteiger partial charge on any atom is -0.457 e. The van der Waals surface area contributed by atoms with Gasteiger partial charge in [0.25, 0.3) is 5.56 Å². The van der Waals surface area contributed by atoms with E-state index in [0.29, 0.717) is 11.7 Å². The maximum Gasteiger partial charge on any atom is 0.330 e. The second-order valence-electron chi connectivity index (χ2n) is 7.64. The van der Waals surface area contributed by atoms with Gasteiger partial charge in [-0.1, -0.05) is 13.8 Å². The smallest absolute Gasteiger partial charge is 0.330 e. The van der Waals surface area contributed by atoms with Gasteiger partial charge >= 0.3 is 11.7 Å². The molecule has 8 nitrogen and oxygen atoms in total. The summed E-state index contributed by atoms with van der Waals surface area (Å²) in [5, 5.41) is 0. The molecular weight excluding hydrogens is 359 g/mol. The summed E-state index contributed by atoms with van der Waals surface area (Å²) < 4.78 is 25.0. The second kappa shape index (κ2) is 7.53. The van der Waals surface area contributed by atoms with Gasteiger partial charge < -0.3 is 14.0 Å². The van der Waals surface area contributed by atoms with E-state index in [-0.39, 0.29) is 17.9 Å². The third-order valence-corrected chi connectivity index (χ3v) is 6.08. The van der Waals surface area contributed by atoms with Crippen LogP contribution >= 0.6 is 7.14 Å². The van der Waals surface area contributed by atoms with Crippen LogP contribution in [0.2, 0.25) is 0 Å². The Kier molecular flexibility index (Phi) is 5.98. The molecule has 0 radical (unpaired) electrons. The van der Waals surface area contributed by atoms with Gasteiger partial charge in [0.05, 0.1) is 13.2 Å². The summed E-state index contributed by atoms with van der Waals surface area (Å²) in [7, 11) is -2.27. The summed E-state index contributed by atoms with van der Waals surface area (Å²) in [6.45, 7) is 10.1. The van der Waals surface area contributed by atoms with Gasteiger partial charge in [0.1, 0.15) is 0 Å². The maximum atomic E-state index is 12.3. The molecule has 26 heavy (non-hydrogen) atoms. The van der Waals surface area contributed by atoms with Crippen molar-refractivity contribution in [1.82, 2.24) is 9.55 Å². The van der Waals surface area contributed by atoms with Gasteiger partial charge in [0.15, 0.2) is 12.3 Å². The Labute approximate surface area is 152 Å². The fraction of sp³-hybridized carbons (Fsp3) is 0.706. The maximum absolute atomic E-state index is 12.3. The van der Waals surface area contributed by atoms with Crippen molar-refractivity contribution < 1.29 is 18.8 Å². The number of aryl methyl sites for hydroxylation is 1. The first kappa shape index (κ1) is 20.6. The molecule has 2 rings (SSSR count). The third-order valence-electron chi connectivity index (χ3n) is 4.62. The Balaban J connectivity index is 2.42. The highest BCUT2D eigenvalue weighted by atomic mass is 31.2. The van der Waals surface area contributed by atoms with Crippen LogP contribution in [0.3, 0.4) is 0 Å². The summed E-state index contributed by atoms with van der Waals surface area (Å²) in [4.78, 5) is 37.7. The van der Waals surface area contributed by atoms with Crippen molar-refractivity contribution >= 4 is 13.1 Å². The van der Waals surface area contributed by atoms with Gasteiger partial charge in [-0.2, -0.15) is 0 Å². The molecule has 0 amide bonds. The molecule has 0 aromatic carbocycles. The van der Waals surface area contributed by atoms with Gasteiger partial charge in [0.2, 0.25) is 0 Å². The quantitative estimate of drug-likeness (QED) is 0.608. The van der Waals surface area contributed by atoms with Crippen molar-refractivity contribution in [3.63, 3.8) is 0 Å². The van der Waals surface area contributed by atoms with Gasteiger partial charge in [-0.25, -0.2) is 4.79 Å². The van der Waals surface area contributed by atoms with E-state index in [1.165, 1.54) is 17.7 Å². The van der Waals surface area contributed by atoms with E-state index >= 15 is 0 Å². The highest BCUT2D eigenvalue weighted by molar-refractivity contribution is 7.62. The van der Waals surface area contributed by atoms with Gasteiger partial charge in [-0.05, 0) is 26.2 Å². The van der Waals surface area contributed by atoms with E-state index in [1.807, 2.05) is 13.8 Å². The van der Waals surface area contributed by atoms with Crippen LogP contribution in [0.1, 0.15) is 32.6 Å². The van der Waals surface area contributed by atoms with Crippen molar-refractivity contribution in [2.45, 2.75) is 46.1 Å². The van der Waals surface area contributed by atoms with Crippen molar-refractivity contribution in [2.75, 3.05) is 19.5 Å². The van der Waals surface area contributed by atoms with Gasteiger partial charge in [0, 0.05) is 30.8 Å². The molecule has 2 heterocycles. The Bertz CT molecular complexity index is 838. The number of carbonyl (C=O) groups is 1. The number of hydrogen-bond donors (Lipinski definition) is 1.